The van der Waals surface area contributed by atoms with Gasteiger partial charge in [0, 0.05) is 0 Å². The molecule has 1 aromatic rings. The van der Waals surface area contributed by atoms with E-state index in [4.69, 9.17) is 10.5 Å². The Morgan fingerprint density at radius 1 is 1.35 bits per heavy atom. The highest BCUT2D eigenvalue weighted by molar-refractivity contribution is 5.99. The molecule has 110 valence electrons. The van der Waals surface area contributed by atoms with Gasteiger partial charge in [-0.05, 0) is 25.5 Å². The van der Waals surface area contributed by atoms with E-state index in [0.717, 1.165) is 24.4 Å². The second-order valence-corrected chi connectivity index (χ2v) is 5.64. The Bertz CT molecular complexity index is 486. The summed E-state index contributed by atoms with van der Waals surface area (Å²) >= 11 is 0. The minimum Gasteiger partial charge on any atom is -0.495 e. The van der Waals surface area contributed by atoms with Crippen molar-refractivity contribution in [2.24, 2.45) is 10.7 Å². The Hall–Kier alpha value is -1.71. The maximum atomic E-state index is 6.13. The molecular formula is C16H25N3O. The van der Waals surface area contributed by atoms with Crippen molar-refractivity contribution in [1.29, 1.82) is 0 Å². The number of aliphatic imine (C=N–C) groups is 1. The maximum absolute atomic E-state index is 6.13. The number of nitrogens with zero attached hydrogens (tertiary/aromatic N) is 2. The molecule has 2 rings (SSSR count). The van der Waals surface area contributed by atoms with E-state index >= 15 is 0 Å². The molecule has 1 unspecified atom stereocenters. The molecule has 1 heterocycles. The number of para-hydroxylation sites is 2. The fourth-order valence-electron chi connectivity index (χ4n) is 2.84. The standard InChI is InChI=1S/C16H25N3O/c1-4-5-8-11-16(2)12-18-15(17)19(16)13-9-6-7-10-14(13)20-3/h6-7,9-10H,4-5,8,11-12H2,1-3H3,(H2,17,18). The van der Waals surface area contributed by atoms with Crippen LogP contribution in [0.25, 0.3) is 0 Å². The van der Waals surface area contributed by atoms with Gasteiger partial charge in [-0.1, -0.05) is 38.3 Å². The molecule has 2 N–H and O–H groups in total. The highest BCUT2D eigenvalue weighted by Gasteiger charge is 2.39. The first-order valence-corrected chi connectivity index (χ1v) is 7.35. The minimum absolute atomic E-state index is 0.0477. The Kier molecular flexibility index (Phi) is 4.53. The Morgan fingerprint density at radius 3 is 2.80 bits per heavy atom. The van der Waals surface area contributed by atoms with Crippen molar-refractivity contribution < 1.29 is 4.74 Å². The van der Waals surface area contributed by atoms with Crippen LogP contribution in [-0.4, -0.2) is 25.2 Å². The van der Waals surface area contributed by atoms with Gasteiger partial charge in [-0.2, -0.15) is 0 Å². The summed E-state index contributed by atoms with van der Waals surface area (Å²) in [6.07, 6.45) is 4.75. The number of benzene rings is 1. The highest BCUT2D eigenvalue weighted by atomic mass is 16.5. The summed E-state index contributed by atoms with van der Waals surface area (Å²) in [6.45, 7) is 5.21. The van der Waals surface area contributed by atoms with E-state index < -0.39 is 0 Å². The molecule has 1 aliphatic heterocycles. The molecule has 0 spiro atoms. The first kappa shape index (κ1) is 14.7. The van der Waals surface area contributed by atoms with Gasteiger partial charge in [0.2, 0.25) is 0 Å². The Labute approximate surface area is 121 Å². The number of guanidine groups is 1. The van der Waals surface area contributed by atoms with Crippen LogP contribution in [0.15, 0.2) is 29.3 Å². The normalized spacial score (nSPS) is 21.9. The lowest BCUT2D eigenvalue weighted by molar-refractivity contribution is 0.403. The van der Waals surface area contributed by atoms with Gasteiger partial charge < -0.3 is 15.4 Å². The quantitative estimate of drug-likeness (QED) is 0.811. The van der Waals surface area contributed by atoms with E-state index in [1.807, 2.05) is 24.3 Å². The summed E-state index contributed by atoms with van der Waals surface area (Å²) in [5.74, 6) is 1.43. The van der Waals surface area contributed by atoms with Crippen molar-refractivity contribution >= 4 is 11.6 Å². The molecule has 0 radical (unpaired) electrons. The fraction of sp³-hybridized carbons (Fsp3) is 0.562. The number of ether oxygens (including phenoxy) is 1. The lowest BCUT2D eigenvalue weighted by Crippen LogP contribution is -2.50. The van der Waals surface area contributed by atoms with Gasteiger partial charge in [-0.3, -0.25) is 4.99 Å². The average molecular weight is 275 g/mol. The summed E-state index contributed by atoms with van der Waals surface area (Å²) in [5, 5.41) is 0. The first-order valence-electron chi connectivity index (χ1n) is 7.35. The maximum Gasteiger partial charge on any atom is 0.196 e. The second kappa shape index (κ2) is 6.16. The molecule has 1 atom stereocenters. The van der Waals surface area contributed by atoms with Crippen LogP contribution >= 0.6 is 0 Å². The van der Waals surface area contributed by atoms with Gasteiger partial charge in [-0.15, -0.1) is 0 Å². The number of nitrogens with two attached hydrogens (primary N) is 1. The predicted octanol–water partition coefficient (Wildman–Crippen LogP) is 3.17. The van der Waals surface area contributed by atoms with Crippen molar-refractivity contribution in [3.05, 3.63) is 24.3 Å². The molecule has 0 saturated carbocycles. The molecule has 0 aliphatic carbocycles. The molecule has 0 amide bonds. The van der Waals surface area contributed by atoms with E-state index in [-0.39, 0.29) is 5.54 Å². The topological polar surface area (TPSA) is 50.8 Å². The first-order chi connectivity index (χ1) is 9.62. The molecule has 1 aliphatic rings. The van der Waals surface area contributed by atoms with E-state index in [0.29, 0.717) is 5.96 Å². The SMILES string of the molecule is CCCCCC1(C)CN=C(N)N1c1ccccc1OC. The molecule has 4 nitrogen and oxygen atoms in total. The summed E-state index contributed by atoms with van der Waals surface area (Å²) in [5.41, 5.74) is 7.09. The summed E-state index contributed by atoms with van der Waals surface area (Å²) in [6, 6.07) is 7.99. The van der Waals surface area contributed by atoms with Crippen molar-refractivity contribution in [2.75, 3.05) is 18.6 Å². The van der Waals surface area contributed by atoms with Gasteiger partial charge in [0.05, 0.1) is 24.9 Å². The number of methoxy groups -OCH3 is 1. The van der Waals surface area contributed by atoms with Crippen LogP contribution in [0.4, 0.5) is 5.69 Å². The van der Waals surface area contributed by atoms with Crippen molar-refractivity contribution in [3.63, 3.8) is 0 Å². The number of anilines is 1. The van der Waals surface area contributed by atoms with Crippen molar-refractivity contribution in [3.8, 4) is 5.75 Å². The molecule has 0 saturated heterocycles. The fourth-order valence-corrected chi connectivity index (χ4v) is 2.84. The lowest BCUT2D eigenvalue weighted by Gasteiger charge is -2.37. The van der Waals surface area contributed by atoms with E-state index in [1.165, 1.54) is 19.3 Å². The zero-order valence-electron chi connectivity index (χ0n) is 12.7. The predicted molar refractivity (Wildman–Crippen MR) is 84.5 cm³/mol. The van der Waals surface area contributed by atoms with Crippen LogP contribution < -0.4 is 15.4 Å². The van der Waals surface area contributed by atoms with Crippen LogP contribution in [0.2, 0.25) is 0 Å². The number of rotatable bonds is 6. The molecule has 0 bridgehead atoms. The smallest absolute Gasteiger partial charge is 0.196 e. The zero-order chi connectivity index (χ0) is 14.6. The molecule has 20 heavy (non-hydrogen) atoms. The van der Waals surface area contributed by atoms with Gasteiger partial charge in [0.15, 0.2) is 5.96 Å². The minimum atomic E-state index is -0.0477. The average Bonchev–Trinajstić information content (AvgIpc) is 2.75. The van der Waals surface area contributed by atoms with Gasteiger partial charge in [-0.25, -0.2) is 0 Å². The third-order valence-electron chi connectivity index (χ3n) is 4.00. The highest BCUT2D eigenvalue weighted by Crippen LogP contribution is 2.37. The van der Waals surface area contributed by atoms with E-state index in [2.05, 4.69) is 23.7 Å². The molecule has 0 aromatic heterocycles. The Morgan fingerprint density at radius 2 is 2.10 bits per heavy atom. The molecular weight excluding hydrogens is 250 g/mol. The van der Waals surface area contributed by atoms with Crippen molar-refractivity contribution in [1.82, 2.24) is 0 Å². The van der Waals surface area contributed by atoms with Gasteiger partial charge >= 0.3 is 0 Å². The van der Waals surface area contributed by atoms with Crippen molar-refractivity contribution in [2.45, 2.75) is 45.1 Å². The van der Waals surface area contributed by atoms with Gasteiger partial charge in [0.25, 0.3) is 0 Å². The van der Waals surface area contributed by atoms with E-state index in [9.17, 15) is 0 Å². The second-order valence-electron chi connectivity index (χ2n) is 5.64. The number of unbranched alkanes of at least 4 members (excludes halogenated alkanes) is 2. The Balaban J connectivity index is 2.28. The molecule has 0 fully saturated rings. The monoisotopic (exact) mass is 275 g/mol. The summed E-state index contributed by atoms with van der Waals surface area (Å²) in [7, 11) is 1.69. The van der Waals surface area contributed by atoms with Crippen LogP contribution in [0.5, 0.6) is 5.75 Å². The van der Waals surface area contributed by atoms with Crippen LogP contribution in [0, 0.1) is 0 Å². The zero-order valence-corrected chi connectivity index (χ0v) is 12.7. The largest absolute Gasteiger partial charge is 0.495 e. The van der Waals surface area contributed by atoms with E-state index in [1.54, 1.807) is 7.11 Å². The number of hydrogen-bond donors (Lipinski definition) is 1. The summed E-state index contributed by atoms with van der Waals surface area (Å²) < 4.78 is 5.47. The number of hydrogen-bond acceptors (Lipinski definition) is 4. The summed E-state index contributed by atoms with van der Waals surface area (Å²) in [4.78, 5) is 6.61. The third kappa shape index (κ3) is 2.74. The molecule has 1 aromatic carbocycles. The van der Waals surface area contributed by atoms with Gasteiger partial charge in [0.1, 0.15) is 5.75 Å². The lowest BCUT2D eigenvalue weighted by atomic mass is 9.92. The molecule has 4 heteroatoms. The van der Waals surface area contributed by atoms with Crippen LogP contribution in [0.3, 0.4) is 0 Å². The third-order valence-corrected chi connectivity index (χ3v) is 4.00. The van der Waals surface area contributed by atoms with Crippen LogP contribution in [0.1, 0.15) is 39.5 Å². The van der Waals surface area contributed by atoms with Crippen LogP contribution in [-0.2, 0) is 0 Å².